The first kappa shape index (κ1) is 17.8. The molecule has 25 heavy (non-hydrogen) atoms. The van der Waals surface area contributed by atoms with E-state index in [0.29, 0.717) is 22.7 Å². The summed E-state index contributed by atoms with van der Waals surface area (Å²) >= 11 is 0. The summed E-state index contributed by atoms with van der Waals surface area (Å²) in [5, 5.41) is 21.6. The van der Waals surface area contributed by atoms with Crippen LogP contribution in [-0.4, -0.2) is 22.2 Å². The standard InChI is InChI=1S/C21H35NO3/c1-13(23)17-6-7-18-16-5-4-14-12-15(22(24)25)8-10-20(14,2)19(16)9-11-21(17,18)3/h13-19,23H,4-12H2,1-3H3/t13?,14-,15-,16?,17?,18-,19?,20-,21?/m0/s1. The fourth-order valence-electron chi connectivity index (χ4n) is 8.26. The lowest BCUT2D eigenvalue weighted by Gasteiger charge is -2.60. The summed E-state index contributed by atoms with van der Waals surface area (Å²) < 4.78 is 0. The maximum Gasteiger partial charge on any atom is 0.213 e. The van der Waals surface area contributed by atoms with Crippen LogP contribution in [0.4, 0.5) is 0 Å². The van der Waals surface area contributed by atoms with Crippen LogP contribution < -0.4 is 0 Å². The molecule has 4 rings (SSSR count). The van der Waals surface area contributed by atoms with Crippen LogP contribution in [0, 0.1) is 50.5 Å². The molecule has 0 spiro atoms. The number of hydrogen-bond donors (Lipinski definition) is 1. The number of hydrogen-bond acceptors (Lipinski definition) is 3. The summed E-state index contributed by atoms with van der Waals surface area (Å²) in [6.45, 7) is 6.91. The van der Waals surface area contributed by atoms with E-state index in [1.165, 1.54) is 38.5 Å². The summed E-state index contributed by atoms with van der Waals surface area (Å²) in [6.07, 6.45) is 9.90. The molecule has 1 N–H and O–H groups in total. The third-order valence-corrected chi connectivity index (χ3v) is 9.59. The second-order valence-corrected chi connectivity index (χ2v) is 10.3. The Morgan fingerprint density at radius 3 is 2.36 bits per heavy atom. The number of fused-ring (bicyclic) bond motifs is 5. The van der Waals surface area contributed by atoms with Gasteiger partial charge in [0.15, 0.2) is 0 Å². The summed E-state index contributed by atoms with van der Waals surface area (Å²) in [5.74, 6) is 3.32. The molecular formula is C21H35NO3. The quantitative estimate of drug-likeness (QED) is 0.582. The van der Waals surface area contributed by atoms with Gasteiger partial charge in [-0.2, -0.15) is 0 Å². The number of aliphatic hydroxyl groups is 1. The number of nitrogens with zero attached hydrogens (tertiary/aromatic N) is 1. The molecule has 0 aromatic heterocycles. The molecule has 4 aliphatic rings. The van der Waals surface area contributed by atoms with Gasteiger partial charge in [-0.15, -0.1) is 0 Å². The Morgan fingerprint density at radius 1 is 1.00 bits per heavy atom. The van der Waals surface area contributed by atoms with Crippen LogP contribution >= 0.6 is 0 Å². The van der Waals surface area contributed by atoms with Gasteiger partial charge in [0, 0.05) is 17.8 Å². The Labute approximate surface area is 151 Å². The zero-order chi connectivity index (χ0) is 18.0. The van der Waals surface area contributed by atoms with E-state index in [0.717, 1.165) is 37.0 Å². The lowest BCUT2D eigenvalue weighted by molar-refractivity contribution is -0.531. The SMILES string of the molecule is CC(O)C1CC[C@H]2C3CC[C@H]4C[C@@H]([N+](=O)[O-])CC[C@]4(C)C3CCC12C. The van der Waals surface area contributed by atoms with Crippen molar-refractivity contribution < 1.29 is 10.0 Å². The Kier molecular flexibility index (Phi) is 4.22. The molecule has 0 aliphatic heterocycles. The van der Waals surface area contributed by atoms with Crippen molar-refractivity contribution in [1.29, 1.82) is 0 Å². The summed E-state index contributed by atoms with van der Waals surface area (Å²) in [7, 11) is 0. The van der Waals surface area contributed by atoms with Gasteiger partial charge in [-0.1, -0.05) is 13.8 Å². The van der Waals surface area contributed by atoms with Crippen LogP contribution in [0.5, 0.6) is 0 Å². The first-order valence-electron chi connectivity index (χ1n) is 10.6. The highest BCUT2D eigenvalue weighted by atomic mass is 16.6. The molecule has 0 saturated heterocycles. The van der Waals surface area contributed by atoms with E-state index in [1.54, 1.807) is 0 Å². The largest absolute Gasteiger partial charge is 0.393 e. The minimum absolute atomic E-state index is 0.0200. The maximum absolute atomic E-state index is 11.3. The molecule has 5 unspecified atom stereocenters. The zero-order valence-electron chi connectivity index (χ0n) is 16.1. The topological polar surface area (TPSA) is 63.4 Å². The highest BCUT2D eigenvalue weighted by Crippen LogP contribution is 2.67. The van der Waals surface area contributed by atoms with Gasteiger partial charge in [0.05, 0.1) is 6.10 Å². The number of aliphatic hydroxyl groups excluding tert-OH is 1. The van der Waals surface area contributed by atoms with E-state index in [9.17, 15) is 15.2 Å². The summed E-state index contributed by atoms with van der Waals surface area (Å²) in [6, 6.07) is -0.297. The van der Waals surface area contributed by atoms with E-state index in [2.05, 4.69) is 13.8 Å². The lowest BCUT2D eigenvalue weighted by atomic mass is 9.44. The maximum atomic E-state index is 11.3. The van der Waals surface area contributed by atoms with E-state index in [4.69, 9.17) is 0 Å². The fraction of sp³-hybridized carbons (Fsp3) is 1.00. The molecule has 9 atom stereocenters. The van der Waals surface area contributed by atoms with E-state index < -0.39 is 0 Å². The Bertz CT molecular complexity index is 549. The molecule has 4 heteroatoms. The summed E-state index contributed by atoms with van der Waals surface area (Å²) in [5.41, 5.74) is 0.635. The number of rotatable bonds is 2. The van der Waals surface area contributed by atoms with Crippen molar-refractivity contribution in [2.24, 2.45) is 40.4 Å². The highest BCUT2D eigenvalue weighted by Gasteiger charge is 2.61. The number of nitro groups is 1. The van der Waals surface area contributed by atoms with Crippen molar-refractivity contribution in [3.05, 3.63) is 10.1 Å². The van der Waals surface area contributed by atoms with Gasteiger partial charge in [0.1, 0.15) is 0 Å². The van der Waals surface area contributed by atoms with Gasteiger partial charge >= 0.3 is 0 Å². The van der Waals surface area contributed by atoms with Gasteiger partial charge in [-0.3, -0.25) is 10.1 Å². The second-order valence-electron chi connectivity index (χ2n) is 10.3. The van der Waals surface area contributed by atoms with Gasteiger partial charge in [-0.05, 0) is 92.3 Å². The van der Waals surface area contributed by atoms with Crippen molar-refractivity contribution in [3.63, 3.8) is 0 Å². The molecule has 0 aromatic carbocycles. The smallest absolute Gasteiger partial charge is 0.213 e. The Morgan fingerprint density at radius 2 is 1.68 bits per heavy atom. The van der Waals surface area contributed by atoms with Gasteiger partial charge in [-0.25, -0.2) is 0 Å². The normalized spacial score (nSPS) is 53.4. The van der Waals surface area contributed by atoms with E-state index in [1.807, 2.05) is 6.92 Å². The van der Waals surface area contributed by atoms with Crippen molar-refractivity contribution in [2.75, 3.05) is 0 Å². The molecule has 4 aliphatic carbocycles. The molecule has 142 valence electrons. The van der Waals surface area contributed by atoms with Crippen molar-refractivity contribution >= 4 is 0 Å². The fourth-order valence-corrected chi connectivity index (χ4v) is 8.26. The first-order valence-corrected chi connectivity index (χ1v) is 10.6. The zero-order valence-corrected chi connectivity index (χ0v) is 16.1. The van der Waals surface area contributed by atoms with E-state index in [-0.39, 0.29) is 17.1 Å². The van der Waals surface area contributed by atoms with Crippen LogP contribution in [0.3, 0.4) is 0 Å². The average Bonchev–Trinajstić information content (AvgIpc) is 2.91. The summed E-state index contributed by atoms with van der Waals surface area (Å²) in [4.78, 5) is 11.3. The molecule has 0 radical (unpaired) electrons. The molecule has 0 amide bonds. The predicted molar refractivity (Wildman–Crippen MR) is 97.7 cm³/mol. The molecule has 0 bridgehead atoms. The van der Waals surface area contributed by atoms with Gasteiger partial charge in [0.2, 0.25) is 6.04 Å². The van der Waals surface area contributed by atoms with Gasteiger partial charge < -0.3 is 5.11 Å². The van der Waals surface area contributed by atoms with Crippen molar-refractivity contribution in [2.45, 2.75) is 90.7 Å². The van der Waals surface area contributed by atoms with Crippen LogP contribution in [0.2, 0.25) is 0 Å². The second kappa shape index (κ2) is 5.94. The van der Waals surface area contributed by atoms with E-state index >= 15 is 0 Å². The first-order chi connectivity index (χ1) is 11.8. The van der Waals surface area contributed by atoms with Crippen LogP contribution in [0.25, 0.3) is 0 Å². The minimum Gasteiger partial charge on any atom is -0.393 e. The van der Waals surface area contributed by atoms with Gasteiger partial charge in [0.25, 0.3) is 0 Å². The molecule has 0 aromatic rings. The van der Waals surface area contributed by atoms with Crippen LogP contribution in [0.15, 0.2) is 0 Å². The average molecular weight is 350 g/mol. The Hall–Kier alpha value is -0.640. The lowest BCUT2D eigenvalue weighted by Crippen LogP contribution is -2.54. The molecular weight excluding hydrogens is 314 g/mol. The van der Waals surface area contributed by atoms with Crippen molar-refractivity contribution in [1.82, 2.24) is 0 Å². The van der Waals surface area contributed by atoms with Crippen molar-refractivity contribution in [3.8, 4) is 0 Å². The monoisotopic (exact) mass is 349 g/mol. The third kappa shape index (κ3) is 2.49. The third-order valence-electron chi connectivity index (χ3n) is 9.59. The molecule has 4 saturated carbocycles. The molecule has 4 nitrogen and oxygen atoms in total. The predicted octanol–water partition coefficient (Wildman–Crippen LogP) is 4.67. The van der Waals surface area contributed by atoms with Crippen LogP contribution in [0.1, 0.15) is 78.6 Å². The highest BCUT2D eigenvalue weighted by molar-refractivity contribution is 5.09. The molecule has 0 heterocycles. The Balaban J connectivity index is 1.57. The molecule has 4 fully saturated rings. The minimum atomic E-state index is -0.297. The van der Waals surface area contributed by atoms with Crippen LogP contribution in [-0.2, 0) is 0 Å².